The van der Waals surface area contributed by atoms with Crippen LogP contribution in [0.3, 0.4) is 0 Å². The fourth-order valence-corrected chi connectivity index (χ4v) is 2.57. The quantitative estimate of drug-likeness (QED) is 0.848. The third-order valence-electron chi connectivity index (χ3n) is 3.04. The number of benzene rings is 1. The first-order chi connectivity index (χ1) is 8.19. The molecule has 2 rings (SSSR count). The molecule has 0 aliphatic rings. The lowest BCUT2D eigenvalue weighted by Gasteiger charge is -2.14. The highest BCUT2D eigenvalue weighted by Gasteiger charge is 2.10. The maximum absolute atomic E-state index is 5.87. The van der Waals surface area contributed by atoms with Crippen molar-refractivity contribution in [2.24, 2.45) is 5.73 Å². The Balaban J connectivity index is 2.63. The molecule has 1 aromatic carbocycles. The smallest absolute Gasteiger partial charge is 0.0997 e. The van der Waals surface area contributed by atoms with Gasteiger partial charge in [0.2, 0.25) is 0 Å². The second-order valence-electron chi connectivity index (χ2n) is 3.95. The Labute approximate surface area is 106 Å². The van der Waals surface area contributed by atoms with E-state index in [0.29, 0.717) is 6.54 Å². The van der Waals surface area contributed by atoms with Gasteiger partial charge in [-0.1, -0.05) is 6.07 Å². The predicted molar refractivity (Wildman–Crippen MR) is 72.7 cm³/mol. The Morgan fingerprint density at radius 3 is 2.65 bits per heavy atom. The van der Waals surface area contributed by atoms with Gasteiger partial charge >= 0.3 is 0 Å². The largest absolute Gasteiger partial charge is 0.326 e. The molecule has 0 fully saturated rings. The van der Waals surface area contributed by atoms with Gasteiger partial charge in [-0.25, -0.2) is 4.98 Å². The molecule has 0 bridgehead atoms. The van der Waals surface area contributed by atoms with E-state index in [0.717, 1.165) is 17.1 Å². The summed E-state index contributed by atoms with van der Waals surface area (Å²) in [6, 6.07) is 6.26. The first-order valence-corrected chi connectivity index (χ1v) is 6.78. The van der Waals surface area contributed by atoms with Crippen molar-refractivity contribution in [3.05, 3.63) is 41.5 Å². The maximum Gasteiger partial charge on any atom is 0.0997 e. The number of hydrogen-bond acceptors (Lipinski definition) is 3. The van der Waals surface area contributed by atoms with Gasteiger partial charge in [0.05, 0.1) is 17.7 Å². The molecule has 2 aromatic rings. The van der Waals surface area contributed by atoms with Crippen LogP contribution in [0.1, 0.15) is 17.0 Å². The van der Waals surface area contributed by atoms with Crippen LogP contribution in [0, 0.1) is 13.8 Å². The van der Waals surface area contributed by atoms with Gasteiger partial charge < -0.3 is 10.3 Å². The van der Waals surface area contributed by atoms with E-state index in [9.17, 15) is 0 Å². The number of aromatic nitrogens is 2. The fourth-order valence-electron chi connectivity index (χ4n) is 1.92. The Morgan fingerprint density at radius 1 is 1.35 bits per heavy atom. The standard InChI is InChI=1S/C13H17N3S/c1-9-10(2)16(8-15-9)12-5-4-6-13(17-3)11(12)7-14/h4-6,8H,7,14H2,1-3H3. The van der Waals surface area contributed by atoms with Crippen molar-refractivity contribution in [2.45, 2.75) is 25.3 Å². The number of aryl methyl sites for hydroxylation is 1. The molecule has 2 N–H and O–H groups in total. The summed E-state index contributed by atoms with van der Waals surface area (Å²) in [6.07, 6.45) is 3.94. The van der Waals surface area contributed by atoms with Crippen molar-refractivity contribution >= 4 is 11.8 Å². The molecule has 0 saturated carbocycles. The maximum atomic E-state index is 5.87. The molecule has 1 aromatic heterocycles. The van der Waals surface area contributed by atoms with Crippen molar-refractivity contribution in [2.75, 3.05) is 6.26 Å². The highest BCUT2D eigenvalue weighted by molar-refractivity contribution is 7.98. The van der Waals surface area contributed by atoms with Gasteiger partial charge in [-0.05, 0) is 32.2 Å². The van der Waals surface area contributed by atoms with Gasteiger partial charge in [0.25, 0.3) is 0 Å². The number of nitrogens with two attached hydrogens (primary N) is 1. The molecule has 1 heterocycles. The van der Waals surface area contributed by atoms with E-state index in [1.165, 1.54) is 10.5 Å². The molecule has 0 radical (unpaired) electrons. The molecule has 4 heteroatoms. The second kappa shape index (κ2) is 4.94. The molecule has 90 valence electrons. The molecule has 3 nitrogen and oxygen atoms in total. The summed E-state index contributed by atoms with van der Waals surface area (Å²) in [5.74, 6) is 0. The SMILES string of the molecule is CSc1cccc(-n2cnc(C)c2C)c1CN. The zero-order chi connectivity index (χ0) is 12.4. The molecule has 0 aliphatic heterocycles. The fraction of sp³-hybridized carbons (Fsp3) is 0.308. The first-order valence-electron chi connectivity index (χ1n) is 5.56. The molecule has 0 unspecified atom stereocenters. The highest BCUT2D eigenvalue weighted by atomic mass is 32.2. The van der Waals surface area contributed by atoms with Crippen molar-refractivity contribution in [3.8, 4) is 5.69 Å². The molecular weight excluding hydrogens is 230 g/mol. The minimum atomic E-state index is 0.545. The zero-order valence-electron chi connectivity index (χ0n) is 10.4. The molecule has 17 heavy (non-hydrogen) atoms. The average molecular weight is 247 g/mol. The van der Waals surface area contributed by atoms with Crippen molar-refractivity contribution in [3.63, 3.8) is 0 Å². The van der Waals surface area contributed by atoms with E-state index >= 15 is 0 Å². The van der Waals surface area contributed by atoms with Gasteiger partial charge in [-0.2, -0.15) is 0 Å². The lowest BCUT2D eigenvalue weighted by molar-refractivity contribution is 0.930. The van der Waals surface area contributed by atoms with Crippen LogP contribution in [0.4, 0.5) is 0 Å². The van der Waals surface area contributed by atoms with Gasteiger partial charge in [0, 0.05) is 22.7 Å². The minimum absolute atomic E-state index is 0.545. The number of thioether (sulfide) groups is 1. The van der Waals surface area contributed by atoms with Crippen molar-refractivity contribution in [1.29, 1.82) is 0 Å². The topological polar surface area (TPSA) is 43.8 Å². The Hall–Kier alpha value is -1.26. The lowest BCUT2D eigenvalue weighted by atomic mass is 10.1. The van der Waals surface area contributed by atoms with Gasteiger partial charge in [-0.3, -0.25) is 0 Å². The first kappa shape index (κ1) is 12.2. The van der Waals surface area contributed by atoms with Crippen LogP contribution >= 0.6 is 11.8 Å². The monoisotopic (exact) mass is 247 g/mol. The highest BCUT2D eigenvalue weighted by Crippen LogP contribution is 2.26. The van der Waals surface area contributed by atoms with Gasteiger partial charge in [0.1, 0.15) is 0 Å². The van der Waals surface area contributed by atoms with Gasteiger partial charge in [0.15, 0.2) is 0 Å². The van der Waals surface area contributed by atoms with Crippen LogP contribution in [-0.2, 0) is 6.54 Å². The summed E-state index contributed by atoms with van der Waals surface area (Å²) in [5, 5.41) is 0. The minimum Gasteiger partial charge on any atom is -0.326 e. The molecular formula is C13H17N3S. The van der Waals surface area contributed by atoms with Gasteiger partial charge in [-0.15, -0.1) is 11.8 Å². The summed E-state index contributed by atoms with van der Waals surface area (Å²) in [4.78, 5) is 5.57. The third-order valence-corrected chi connectivity index (χ3v) is 3.87. The van der Waals surface area contributed by atoms with E-state index in [1.807, 2.05) is 13.3 Å². The average Bonchev–Trinajstić information content (AvgIpc) is 2.69. The summed E-state index contributed by atoms with van der Waals surface area (Å²) < 4.78 is 2.11. The number of imidazole rings is 1. The van der Waals surface area contributed by atoms with Crippen molar-refractivity contribution in [1.82, 2.24) is 9.55 Å². The summed E-state index contributed by atoms with van der Waals surface area (Å²) in [6.45, 7) is 4.64. The second-order valence-corrected chi connectivity index (χ2v) is 4.80. The van der Waals surface area contributed by atoms with Crippen LogP contribution in [0.5, 0.6) is 0 Å². The van der Waals surface area contributed by atoms with E-state index < -0.39 is 0 Å². The predicted octanol–water partition coefficient (Wildman–Crippen LogP) is 2.67. The molecule has 0 saturated heterocycles. The molecule has 0 atom stereocenters. The van der Waals surface area contributed by atoms with E-state index in [-0.39, 0.29) is 0 Å². The zero-order valence-corrected chi connectivity index (χ0v) is 11.2. The Bertz CT molecular complexity index is 531. The van der Waals surface area contributed by atoms with Crippen LogP contribution in [0.2, 0.25) is 0 Å². The van der Waals surface area contributed by atoms with Crippen molar-refractivity contribution < 1.29 is 0 Å². The summed E-state index contributed by atoms with van der Waals surface area (Å²) >= 11 is 1.73. The Kier molecular flexibility index (Phi) is 3.54. The van der Waals surface area contributed by atoms with E-state index in [1.54, 1.807) is 11.8 Å². The summed E-state index contributed by atoms with van der Waals surface area (Å²) in [7, 11) is 0. The molecule has 0 aliphatic carbocycles. The van der Waals surface area contributed by atoms with E-state index in [2.05, 4.69) is 40.9 Å². The van der Waals surface area contributed by atoms with Crippen LogP contribution in [0.15, 0.2) is 29.4 Å². The summed E-state index contributed by atoms with van der Waals surface area (Å²) in [5.41, 5.74) is 10.4. The van der Waals surface area contributed by atoms with Crippen LogP contribution in [0.25, 0.3) is 5.69 Å². The molecule has 0 spiro atoms. The molecule has 0 amide bonds. The number of hydrogen-bond donors (Lipinski definition) is 1. The Morgan fingerprint density at radius 2 is 2.12 bits per heavy atom. The van der Waals surface area contributed by atoms with Crippen LogP contribution < -0.4 is 5.73 Å². The number of nitrogens with zero attached hydrogens (tertiary/aromatic N) is 2. The normalized spacial score (nSPS) is 10.8. The van der Waals surface area contributed by atoms with Crippen LogP contribution in [-0.4, -0.2) is 15.8 Å². The third kappa shape index (κ3) is 2.10. The lowest BCUT2D eigenvalue weighted by Crippen LogP contribution is -2.06. The van der Waals surface area contributed by atoms with E-state index in [4.69, 9.17) is 5.73 Å². The number of rotatable bonds is 3.